The molecule has 0 aliphatic heterocycles. The molecule has 0 spiro atoms. The van der Waals surface area contributed by atoms with E-state index in [-0.39, 0.29) is 11.6 Å². The van der Waals surface area contributed by atoms with Crippen LogP contribution in [0.4, 0.5) is 11.5 Å². The Hall–Kier alpha value is -3.41. The molecule has 1 amide bonds. The fourth-order valence-electron chi connectivity index (χ4n) is 2.86. The lowest BCUT2D eigenvalue weighted by Gasteiger charge is -2.11. The topological polar surface area (TPSA) is 76.1 Å². The monoisotopic (exact) mass is 376 g/mol. The number of nitrogens with zero attached hydrogens (tertiary/aromatic N) is 2. The number of hydrogen-bond acceptors (Lipinski definition) is 5. The van der Waals surface area contributed by atoms with Gasteiger partial charge < -0.3 is 15.4 Å². The first kappa shape index (κ1) is 19.4. The number of aryl methyl sites for hydroxylation is 2. The predicted octanol–water partition coefficient (Wildman–Crippen LogP) is 4.01. The minimum Gasteiger partial charge on any atom is -0.497 e. The van der Waals surface area contributed by atoms with Gasteiger partial charge >= 0.3 is 0 Å². The van der Waals surface area contributed by atoms with Crippen molar-refractivity contribution < 1.29 is 9.53 Å². The fourth-order valence-corrected chi connectivity index (χ4v) is 2.86. The number of nitrogens with one attached hydrogen (secondary N) is 2. The van der Waals surface area contributed by atoms with Crippen molar-refractivity contribution in [3.63, 3.8) is 0 Å². The lowest BCUT2D eigenvalue weighted by molar-refractivity contribution is 0.102. The number of carbonyl (C=O) groups excluding carboxylic acids is 1. The molecule has 0 bridgehead atoms. The van der Waals surface area contributed by atoms with Gasteiger partial charge in [-0.2, -0.15) is 0 Å². The molecule has 6 nitrogen and oxygen atoms in total. The second kappa shape index (κ2) is 8.99. The predicted molar refractivity (Wildman–Crippen MR) is 111 cm³/mol. The van der Waals surface area contributed by atoms with Crippen LogP contribution in [0.3, 0.4) is 0 Å². The van der Waals surface area contributed by atoms with Crippen LogP contribution in [0.25, 0.3) is 0 Å². The van der Waals surface area contributed by atoms with E-state index >= 15 is 0 Å². The fraction of sp³-hybridized carbons (Fsp3) is 0.227. The number of para-hydroxylation sites is 1. The smallest absolute Gasteiger partial charge is 0.276 e. The lowest BCUT2D eigenvalue weighted by atomic mass is 10.1. The quantitative estimate of drug-likeness (QED) is 0.652. The molecule has 2 aromatic carbocycles. The van der Waals surface area contributed by atoms with Crippen LogP contribution in [-0.2, 0) is 6.42 Å². The van der Waals surface area contributed by atoms with Crippen LogP contribution < -0.4 is 15.4 Å². The molecule has 144 valence electrons. The first-order chi connectivity index (χ1) is 13.6. The first-order valence-electron chi connectivity index (χ1n) is 9.15. The molecule has 3 rings (SSSR count). The van der Waals surface area contributed by atoms with Crippen LogP contribution in [0.5, 0.6) is 5.75 Å². The number of ether oxygens (including phenoxy) is 1. The van der Waals surface area contributed by atoms with Crippen molar-refractivity contribution in [2.45, 2.75) is 20.3 Å². The molecule has 0 unspecified atom stereocenters. The maximum Gasteiger partial charge on any atom is 0.276 e. The van der Waals surface area contributed by atoms with Crippen LogP contribution in [0.2, 0.25) is 0 Å². The Morgan fingerprint density at radius 1 is 0.964 bits per heavy atom. The number of hydrogen-bond donors (Lipinski definition) is 2. The third kappa shape index (κ3) is 4.85. The van der Waals surface area contributed by atoms with E-state index in [1.165, 1.54) is 5.56 Å². The SMILES string of the molecule is COc1ccc(CCNc2ccc(C(=O)Nc3c(C)cccc3C)nn2)cc1. The summed E-state index contributed by atoms with van der Waals surface area (Å²) in [6.07, 6.45) is 0.848. The highest BCUT2D eigenvalue weighted by molar-refractivity contribution is 6.03. The third-order valence-electron chi connectivity index (χ3n) is 4.50. The van der Waals surface area contributed by atoms with Crippen LogP contribution in [0.15, 0.2) is 54.6 Å². The summed E-state index contributed by atoms with van der Waals surface area (Å²) in [5, 5.41) is 14.3. The Balaban J connectivity index is 1.54. The molecule has 1 heterocycles. The second-order valence-electron chi connectivity index (χ2n) is 6.55. The summed E-state index contributed by atoms with van der Waals surface area (Å²) in [4.78, 5) is 12.4. The molecular formula is C22H24N4O2. The zero-order valence-electron chi connectivity index (χ0n) is 16.3. The van der Waals surface area contributed by atoms with Gasteiger partial charge in [-0.15, -0.1) is 10.2 Å². The summed E-state index contributed by atoms with van der Waals surface area (Å²) in [7, 11) is 1.65. The van der Waals surface area contributed by atoms with Gasteiger partial charge in [0.05, 0.1) is 7.11 Å². The zero-order chi connectivity index (χ0) is 19.9. The minimum absolute atomic E-state index is 0.269. The standard InChI is InChI=1S/C22H24N4O2/c1-15-5-4-6-16(2)21(15)24-22(27)19-11-12-20(26-25-19)23-14-13-17-7-9-18(28-3)10-8-17/h4-12H,13-14H2,1-3H3,(H,23,26)(H,24,27). The van der Waals surface area contributed by atoms with E-state index in [2.05, 4.69) is 20.8 Å². The Kier molecular flexibility index (Phi) is 6.22. The Bertz CT molecular complexity index is 918. The van der Waals surface area contributed by atoms with E-state index in [1.807, 2.05) is 56.3 Å². The molecule has 0 saturated carbocycles. The number of anilines is 2. The Labute approximate surface area is 165 Å². The highest BCUT2D eigenvalue weighted by Crippen LogP contribution is 2.20. The van der Waals surface area contributed by atoms with E-state index in [0.29, 0.717) is 5.82 Å². The Morgan fingerprint density at radius 3 is 2.29 bits per heavy atom. The summed E-state index contributed by atoms with van der Waals surface area (Å²) in [6, 6.07) is 17.3. The van der Waals surface area contributed by atoms with Gasteiger partial charge in [0, 0.05) is 12.2 Å². The van der Waals surface area contributed by atoms with Gasteiger partial charge in [0.1, 0.15) is 11.6 Å². The van der Waals surface area contributed by atoms with Gasteiger partial charge in [-0.25, -0.2) is 0 Å². The van der Waals surface area contributed by atoms with Gasteiger partial charge in [0.15, 0.2) is 5.69 Å². The van der Waals surface area contributed by atoms with Crippen LogP contribution in [0, 0.1) is 13.8 Å². The number of methoxy groups -OCH3 is 1. The average molecular weight is 376 g/mol. The summed E-state index contributed by atoms with van der Waals surface area (Å²) < 4.78 is 5.16. The van der Waals surface area contributed by atoms with Crippen molar-refractivity contribution >= 4 is 17.4 Å². The van der Waals surface area contributed by atoms with Crippen molar-refractivity contribution in [1.82, 2.24) is 10.2 Å². The molecule has 28 heavy (non-hydrogen) atoms. The average Bonchev–Trinajstić information content (AvgIpc) is 2.72. The zero-order valence-corrected chi connectivity index (χ0v) is 16.3. The number of rotatable bonds is 7. The molecular weight excluding hydrogens is 352 g/mol. The first-order valence-corrected chi connectivity index (χ1v) is 9.15. The van der Waals surface area contributed by atoms with Gasteiger partial charge in [0.25, 0.3) is 5.91 Å². The van der Waals surface area contributed by atoms with E-state index < -0.39 is 0 Å². The summed E-state index contributed by atoms with van der Waals surface area (Å²) in [5.41, 5.74) is 4.32. The molecule has 0 aliphatic carbocycles. The molecule has 3 aromatic rings. The van der Waals surface area contributed by atoms with Crippen molar-refractivity contribution in [1.29, 1.82) is 0 Å². The van der Waals surface area contributed by atoms with Gasteiger partial charge in [-0.05, 0) is 61.2 Å². The maximum atomic E-state index is 12.4. The molecule has 0 aliphatic rings. The molecule has 0 radical (unpaired) electrons. The van der Waals surface area contributed by atoms with E-state index in [1.54, 1.807) is 19.2 Å². The molecule has 0 fully saturated rings. The van der Waals surface area contributed by atoms with Crippen molar-refractivity contribution in [2.75, 3.05) is 24.3 Å². The summed E-state index contributed by atoms with van der Waals surface area (Å²) in [6.45, 7) is 4.64. The van der Waals surface area contributed by atoms with Crippen LogP contribution >= 0.6 is 0 Å². The van der Waals surface area contributed by atoms with Crippen molar-refractivity contribution in [3.05, 3.63) is 77.0 Å². The van der Waals surface area contributed by atoms with Gasteiger partial charge in [-0.3, -0.25) is 4.79 Å². The largest absolute Gasteiger partial charge is 0.497 e. The lowest BCUT2D eigenvalue weighted by Crippen LogP contribution is -2.16. The van der Waals surface area contributed by atoms with E-state index in [9.17, 15) is 4.79 Å². The third-order valence-corrected chi connectivity index (χ3v) is 4.50. The van der Waals surface area contributed by atoms with Crippen LogP contribution in [0.1, 0.15) is 27.2 Å². The van der Waals surface area contributed by atoms with Crippen LogP contribution in [-0.4, -0.2) is 29.8 Å². The highest BCUT2D eigenvalue weighted by atomic mass is 16.5. The van der Waals surface area contributed by atoms with Gasteiger partial charge in [-0.1, -0.05) is 30.3 Å². The molecule has 0 saturated heterocycles. The van der Waals surface area contributed by atoms with E-state index in [4.69, 9.17) is 4.74 Å². The molecule has 1 aromatic heterocycles. The van der Waals surface area contributed by atoms with Gasteiger partial charge in [0.2, 0.25) is 0 Å². The maximum absolute atomic E-state index is 12.4. The number of carbonyl (C=O) groups is 1. The van der Waals surface area contributed by atoms with Crippen molar-refractivity contribution in [3.8, 4) is 5.75 Å². The number of aromatic nitrogens is 2. The molecule has 0 atom stereocenters. The summed E-state index contributed by atoms with van der Waals surface area (Å²) in [5.74, 6) is 1.21. The van der Waals surface area contributed by atoms with Crippen molar-refractivity contribution in [2.24, 2.45) is 0 Å². The number of amides is 1. The molecule has 6 heteroatoms. The molecule has 2 N–H and O–H groups in total. The Morgan fingerprint density at radius 2 is 1.68 bits per heavy atom. The highest BCUT2D eigenvalue weighted by Gasteiger charge is 2.11. The minimum atomic E-state index is -0.269. The normalized spacial score (nSPS) is 10.4. The second-order valence-corrected chi connectivity index (χ2v) is 6.55. The summed E-state index contributed by atoms with van der Waals surface area (Å²) >= 11 is 0. The number of benzene rings is 2. The van der Waals surface area contributed by atoms with E-state index in [0.717, 1.165) is 35.5 Å².